The number of carbonyl (C=O) groups is 1. The van der Waals surface area contributed by atoms with Gasteiger partial charge in [0, 0.05) is 32.8 Å². The predicted octanol–water partition coefficient (Wildman–Crippen LogP) is 3.36. The van der Waals surface area contributed by atoms with Crippen LogP contribution in [-0.2, 0) is 9.53 Å². The van der Waals surface area contributed by atoms with Gasteiger partial charge in [0.1, 0.15) is 23.9 Å². The molecule has 28 heavy (non-hydrogen) atoms. The van der Waals surface area contributed by atoms with Gasteiger partial charge in [-0.15, -0.1) is 0 Å². The van der Waals surface area contributed by atoms with Crippen LogP contribution in [0.1, 0.15) is 18.1 Å². The topological polar surface area (TPSA) is 54.4 Å². The van der Waals surface area contributed by atoms with Crippen LogP contribution in [0.25, 0.3) is 0 Å². The molecule has 0 spiro atoms. The summed E-state index contributed by atoms with van der Waals surface area (Å²) in [6.45, 7) is 6.33. The van der Waals surface area contributed by atoms with Crippen molar-refractivity contribution in [3.05, 3.63) is 53.6 Å². The van der Waals surface area contributed by atoms with Gasteiger partial charge in [0.2, 0.25) is 5.91 Å². The lowest BCUT2D eigenvalue weighted by Crippen LogP contribution is -2.56. The monoisotopic (exact) mass is 379 g/mol. The first kappa shape index (κ1) is 18.5. The maximum absolute atomic E-state index is 12.3. The van der Waals surface area contributed by atoms with Crippen molar-refractivity contribution < 1.29 is 14.3 Å². The molecule has 4 rings (SSSR count). The molecule has 1 saturated heterocycles. The molecule has 0 N–H and O–H groups in total. The van der Waals surface area contributed by atoms with Crippen LogP contribution >= 0.6 is 0 Å². The summed E-state index contributed by atoms with van der Waals surface area (Å²) >= 11 is 0. The number of rotatable bonds is 2. The van der Waals surface area contributed by atoms with Gasteiger partial charge >= 0.3 is 0 Å². The second-order valence-electron chi connectivity index (χ2n) is 7.32. The zero-order chi connectivity index (χ0) is 19.7. The fraction of sp³-hybridized carbons (Fsp3) is 0.364. The maximum Gasteiger partial charge on any atom is 0.248 e. The lowest BCUT2D eigenvalue weighted by Gasteiger charge is -2.41. The molecule has 146 valence electrons. The summed E-state index contributed by atoms with van der Waals surface area (Å²) in [5, 5.41) is 0. The molecule has 1 amide bonds. The smallest absolute Gasteiger partial charge is 0.248 e. The van der Waals surface area contributed by atoms with Crippen molar-refractivity contribution in [1.82, 2.24) is 9.80 Å². The number of nitrogens with zero attached hydrogens (tertiary/aromatic N) is 3. The summed E-state index contributed by atoms with van der Waals surface area (Å²) in [6.07, 6.45) is 0. The van der Waals surface area contributed by atoms with Gasteiger partial charge in [-0.3, -0.25) is 4.79 Å². The molecule has 6 heteroatoms. The number of piperazine rings is 1. The van der Waals surface area contributed by atoms with Crippen molar-refractivity contribution in [1.29, 1.82) is 0 Å². The Labute approximate surface area is 165 Å². The number of aryl methyl sites for hydroxylation is 1. The van der Waals surface area contributed by atoms with E-state index in [0.717, 1.165) is 34.1 Å². The van der Waals surface area contributed by atoms with Gasteiger partial charge in [-0.25, -0.2) is 4.99 Å². The van der Waals surface area contributed by atoms with E-state index in [2.05, 4.69) is 24.8 Å². The number of benzene rings is 2. The lowest BCUT2D eigenvalue weighted by atomic mass is 10.1. The van der Waals surface area contributed by atoms with Crippen molar-refractivity contribution in [2.45, 2.75) is 19.9 Å². The average molecular weight is 379 g/mol. The van der Waals surface area contributed by atoms with Gasteiger partial charge in [0.25, 0.3) is 0 Å². The first-order valence-corrected chi connectivity index (χ1v) is 9.57. The molecule has 0 radical (unpaired) electrons. The molecule has 2 aromatic rings. The second kappa shape index (κ2) is 7.64. The van der Waals surface area contributed by atoms with Crippen LogP contribution in [0, 0.1) is 6.92 Å². The highest BCUT2D eigenvalue weighted by molar-refractivity contribution is 6.04. The van der Waals surface area contributed by atoms with E-state index in [1.807, 2.05) is 41.3 Å². The van der Waals surface area contributed by atoms with Crippen molar-refractivity contribution in [3.63, 3.8) is 0 Å². The van der Waals surface area contributed by atoms with Gasteiger partial charge < -0.3 is 19.3 Å². The molecule has 1 fully saturated rings. The lowest BCUT2D eigenvalue weighted by molar-refractivity contribution is -0.138. The van der Waals surface area contributed by atoms with E-state index in [9.17, 15) is 4.79 Å². The van der Waals surface area contributed by atoms with Crippen LogP contribution < -0.4 is 4.74 Å². The highest BCUT2D eigenvalue weighted by Crippen LogP contribution is 2.38. The third-order valence-corrected chi connectivity index (χ3v) is 5.20. The molecule has 0 saturated carbocycles. The first-order chi connectivity index (χ1) is 13.6. The Morgan fingerprint density at radius 3 is 2.82 bits per heavy atom. The molecular formula is C22H25N3O3. The number of amides is 1. The number of fused-ring (bicyclic) bond motifs is 2. The van der Waals surface area contributed by atoms with E-state index in [1.54, 1.807) is 7.11 Å². The highest BCUT2D eigenvalue weighted by atomic mass is 16.5. The Morgan fingerprint density at radius 1 is 1.21 bits per heavy atom. The number of para-hydroxylation sites is 2. The van der Waals surface area contributed by atoms with Gasteiger partial charge in [-0.05, 0) is 38.1 Å². The quantitative estimate of drug-likeness (QED) is 0.803. The largest absolute Gasteiger partial charge is 0.454 e. The molecule has 2 aromatic carbocycles. The van der Waals surface area contributed by atoms with Crippen LogP contribution in [0.3, 0.4) is 0 Å². The van der Waals surface area contributed by atoms with Crippen molar-refractivity contribution >= 4 is 17.4 Å². The van der Waals surface area contributed by atoms with E-state index in [-0.39, 0.29) is 18.6 Å². The summed E-state index contributed by atoms with van der Waals surface area (Å²) in [4.78, 5) is 21.4. The molecular weight excluding hydrogens is 354 g/mol. The number of ether oxygens (including phenoxy) is 2. The van der Waals surface area contributed by atoms with E-state index >= 15 is 0 Å². The van der Waals surface area contributed by atoms with Crippen molar-refractivity contribution in [2.24, 2.45) is 4.99 Å². The fourth-order valence-electron chi connectivity index (χ4n) is 3.80. The minimum Gasteiger partial charge on any atom is -0.454 e. The standard InChI is InChI=1S/C22H25N3O3/c1-15-8-9-19-17(12-15)22(23-18-6-4-5-7-20(18)28-19)24-10-11-25(16(2)13-24)21(26)14-27-3/h4-9,12,16H,10-11,13-14H2,1-3H3. The molecule has 0 aliphatic carbocycles. The number of hydrogen-bond acceptors (Lipinski definition) is 5. The predicted molar refractivity (Wildman–Crippen MR) is 109 cm³/mol. The zero-order valence-electron chi connectivity index (χ0n) is 16.5. The Balaban J connectivity index is 1.69. The Morgan fingerprint density at radius 2 is 2.04 bits per heavy atom. The van der Waals surface area contributed by atoms with Gasteiger partial charge in [0.05, 0.1) is 5.56 Å². The molecule has 1 unspecified atom stereocenters. The molecule has 2 aliphatic heterocycles. The number of methoxy groups -OCH3 is 1. The third kappa shape index (κ3) is 3.47. The van der Waals surface area contributed by atoms with Crippen LogP contribution in [0.5, 0.6) is 11.5 Å². The van der Waals surface area contributed by atoms with Crippen LogP contribution in [-0.4, -0.2) is 60.9 Å². The number of hydrogen-bond donors (Lipinski definition) is 0. The average Bonchev–Trinajstić information content (AvgIpc) is 2.84. The summed E-state index contributed by atoms with van der Waals surface area (Å²) in [5.41, 5.74) is 2.96. The molecule has 6 nitrogen and oxygen atoms in total. The highest BCUT2D eigenvalue weighted by Gasteiger charge is 2.31. The number of amidine groups is 1. The van der Waals surface area contributed by atoms with E-state index in [4.69, 9.17) is 14.5 Å². The Bertz CT molecular complexity index is 925. The third-order valence-electron chi connectivity index (χ3n) is 5.20. The van der Waals surface area contributed by atoms with Gasteiger partial charge in [-0.2, -0.15) is 0 Å². The zero-order valence-corrected chi connectivity index (χ0v) is 16.5. The van der Waals surface area contributed by atoms with Crippen LogP contribution in [0.15, 0.2) is 47.5 Å². The maximum atomic E-state index is 12.3. The van der Waals surface area contributed by atoms with Crippen molar-refractivity contribution in [2.75, 3.05) is 33.4 Å². The second-order valence-corrected chi connectivity index (χ2v) is 7.32. The number of aliphatic imine (C=N–C) groups is 1. The normalized spacial score (nSPS) is 18.5. The molecule has 2 heterocycles. The number of carbonyl (C=O) groups excluding carboxylic acids is 1. The van der Waals surface area contributed by atoms with Gasteiger partial charge in [-0.1, -0.05) is 23.8 Å². The van der Waals surface area contributed by atoms with Crippen molar-refractivity contribution in [3.8, 4) is 11.5 Å². The summed E-state index contributed by atoms with van der Waals surface area (Å²) in [7, 11) is 1.55. The summed E-state index contributed by atoms with van der Waals surface area (Å²) in [6, 6.07) is 14.1. The first-order valence-electron chi connectivity index (χ1n) is 9.57. The SMILES string of the molecule is COCC(=O)N1CCN(C2=Nc3ccccc3Oc3ccc(C)cc32)CC1C. The van der Waals surface area contributed by atoms with E-state index < -0.39 is 0 Å². The summed E-state index contributed by atoms with van der Waals surface area (Å²) in [5.74, 6) is 2.49. The van der Waals surface area contributed by atoms with Gasteiger partial charge in [0.15, 0.2) is 5.75 Å². The van der Waals surface area contributed by atoms with E-state index in [1.165, 1.54) is 0 Å². The fourth-order valence-corrected chi connectivity index (χ4v) is 3.80. The molecule has 2 aliphatic rings. The Hall–Kier alpha value is -2.86. The Kier molecular flexibility index (Phi) is 5.05. The minimum atomic E-state index is 0.0300. The molecule has 0 bridgehead atoms. The summed E-state index contributed by atoms with van der Waals surface area (Å²) < 4.78 is 11.2. The molecule has 0 aromatic heterocycles. The van der Waals surface area contributed by atoms with Crippen LogP contribution in [0.4, 0.5) is 5.69 Å². The van der Waals surface area contributed by atoms with E-state index in [0.29, 0.717) is 19.6 Å². The van der Waals surface area contributed by atoms with Crippen LogP contribution in [0.2, 0.25) is 0 Å². The molecule has 1 atom stereocenters. The minimum absolute atomic E-state index is 0.0300.